The molecule has 0 fully saturated rings. The van der Waals surface area contributed by atoms with Crippen LogP contribution in [-0.2, 0) is 4.79 Å². The Morgan fingerprint density at radius 1 is 1.64 bits per heavy atom. The molecule has 6 heteroatoms. The molecular weight excluding hydrogens is 150 g/mol. The lowest BCUT2D eigenvalue weighted by Crippen LogP contribution is -2.43. The lowest BCUT2D eigenvalue weighted by atomic mass is 10.1. The average Bonchev–Trinajstić information content (AvgIpc) is 1.87. The summed E-state index contributed by atoms with van der Waals surface area (Å²) in [5.41, 5.74) is 5.14. The van der Waals surface area contributed by atoms with Crippen molar-refractivity contribution in [1.82, 2.24) is 5.17 Å². The van der Waals surface area contributed by atoms with Crippen molar-refractivity contribution in [2.45, 2.75) is 18.9 Å². The van der Waals surface area contributed by atoms with Crippen LogP contribution >= 0.6 is 0 Å². The number of carboxylic acid groups (broad SMARTS) is 1. The van der Waals surface area contributed by atoms with Gasteiger partial charge in [0.1, 0.15) is 6.04 Å². The van der Waals surface area contributed by atoms with E-state index in [1.807, 2.05) is 0 Å². The first kappa shape index (κ1) is 10.3. The van der Waals surface area contributed by atoms with Crippen LogP contribution in [0.3, 0.4) is 0 Å². The molecule has 0 heterocycles. The van der Waals surface area contributed by atoms with E-state index in [1.54, 1.807) is 0 Å². The van der Waals surface area contributed by atoms with E-state index in [9.17, 15) is 4.79 Å². The van der Waals surface area contributed by atoms with Gasteiger partial charge in [0, 0.05) is 0 Å². The van der Waals surface area contributed by atoms with Gasteiger partial charge in [0.2, 0.25) is 0 Å². The van der Waals surface area contributed by atoms with Gasteiger partial charge >= 0.3 is 5.97 Å². The molecule has 0 aromatic heterocycles. The lowest BCUT2D eigenvalue weighted by molar-refractivity contribution is -0.171. The van der Waals surface area contributed by atoms with Gasteiger partial charge in [0.05, 0.1) is 0 Å². The molecule has 0 aliphatic rings. The van der Waals surface area contributed by atoms with Crippen LogP contribution in [0.4, 0.5) is 0 Å². The number of aliphatic carboxylic acids is 1. The maximum Gasteiger partial charge on any atom is 0.324 e. The van der Waals surface area contributed by atoms with E-state index >= 15 is 0 Å². The highest BCUT2D eigenvalue weighted by Crippen LogP contribution is 2.00. The maximum atomic E-state index is 10.3. The van der Waals surface area contributed by atoms with E-state index in [1.165, 1.54) is 0 Å². The van der Waals surface area contributed by atoms with E-state index in [2.05, 4.69) is 0 Å². The zero-order valence-corrected chi connectivity index (χ0v) is 6.10. The van der Waals surface area contributed by atoms with Crippen molar-refractivity contribution >= 4 is 5.97 Å². The monoisotopic (exact) mass is 163 g/mol. The molecule has 0 aliphatic heterocycles. The summed E-state index contributed by atoms with van der Waals surface area (Å²) in [6, 6.07) is -1.06. The number of nitrogens with zero attached hydrogens (tertiary/aromatic N) is 1. The highest BCUT2D eigenvalue weighted by atomic mass is 16.5. The molecule has 0 rings (SSSR count). The quantitative estimate of drug-likeness (QED) is 0.297. The molecule has 0 saturated heterocycles. The number of carbonyl (C=O) groups is 1. The number of hydrogen-bond acceptors (Lipinski definition) is 5. The van der Waals surface area contributed by atoms with Gasteiger partial charge in [-0.1, -0.05) is 0 Å². The minimum atomic E-state index is -1.15. The summed E-state index contributed by atoms with van der Waals surface area (Å²) in [5, 5.41) is 17.2. The third-order valence-electron chi connectivity index (χ3n) is 1.29. The van der Waals surface area contributed by atoms with Crippen molar-refractivity contribution in [2.75, 3.05) is 6.54 Å². The predicted molar refractivity (Wildman–Crippen MR) is 37.5 cm³/mol. The van der Waals surface area contributed by atoms with Crippen molar-refractivity contribution in [3.63, 3.8) is 0 Å². The first-order valence-corrected chi connectivity index (χ1v) is 3.25. The van der Waals surface area contributed by atoms with Crippen LogP contribution in [0.5, 0.6) is 0 Å². The van der Waals surface area contributed by atoms with Crippen LogP contribution in [0, 0.1) is 0 Å². The molecule has 11 heavy (non-hydrogen) atoms. The first-order valence-electron chi connectivity index (χ1n) is 3.25. The summed E-state index contributed by atoms with van der Waals surface area (Å²) in [7, 11) is 0. The molecule has 0 bridgehead atoms. The number of nitrogens with two attached hydrogens (primary N) is 2. The Kier molecular flexibility index (Phi) is 4.71. The van der Waals surface area contributed by atoms with Gasteiger partial charge in [-0.05, 0) is 19.4 Å². The highest BCUT2D eigenvalue weighted by molar-refractivity contribution is 5.73. The minimum Gasteiger partial charge on any atom is -0.480 e. The predicted octanol–water partition coefficient (Wildman–Crippen LogP) is -1.26. The summed E-state index contributed by atoms with van der Waals surface area (Å²) >= 11 is 0. The zero-order valence-electron chi connectivity index (χ0n) is 6.10. The van der Waals surface area contributed by atoms with Crippen LogP contribution < -0.4 is 11.6 Å². The minimum absolute atomic E-state index is 0.192. The standard InChI is InChI=1S/C5H13N3O3/c6-3-1-2-4(5(9)10)8(7)11/h4,11H,1-3,6-7H2,(H,9,10)/t4-/m0/s1. The second-order valence-electron chi connectivity index (χ2n) is 2.16. The fraction of sp³-hybridized carbons (Fsp3) is 0.800. The molecule has 0 radical (unpaired) electrons. The molecular formula is C5H13N3O3. The number of hydrogen-bond donors (Lipinski definition) is 4. The number of hydrazine groups is 1. The average molecular weight is 163 g/mol. The summed E-state index contributed by atoms with van der Waals surface area (Å²) in [6.07, 6.45) is 0.768. The molecule has 0 amide bonds. The second-order valence-corrected chi connectivity index (χ2v) is 2.16. The molecule has 0 spiro atoms. The molecule has 0 saturated carbocycles. The Morgan fingerprint density at radius 2 is 2.18 bits per heavy atom. The van der Waals surface area contributed by atoms with Gasteiger partial charge in [-0.15, -0.1) is 5.17 Å². The molecule has 0 unspecified atom stereocenters. The van der Waals surface area contributed by atoms with E-state index in [-0.39, 0.29) is 11.6 Å². The SMILES string of the molecule is NCCC[C@@H](C(=O)O)N(N)O. The lowest BCUT2D eigenvalue weighted by Gasteiger charge is -2.16. The Bertz CT molecular complexity index is 128. The van der Waals surface area contributed by atoms with Crippen LogP contribution in [0.25, 0.3) is 0 Å². The van der Waals surface area contributed by atoms with Gasteiger partial charge in [-0.2, -0.15) is 0 Å². The Labute approximate surface area is 64.3 Å². The second kappa shape index (κ2) is 5.03. The Morgan fingerprint density at radius 3 is 2.45 bits per heavy atom. The molecule has 6 N–H and O–H groups in total. The highest BCUT2D eigenvalue weighted by Gasteiger charge is 2.20. The topological polar surface area (TPSA) is 113 Å². The summed E-state index contributed by atoms with van der Waals surface area (Å²) in [6.45, 7) is 0.387. The zero-order chi connectivity index (χ0) is 8.85. The molecule has 0 aromatic rings. The van der Waals surface area contributed by atoms with Crippen LogP contribution in [0.15, 0.2) is 0 Å². The van der Waals surface area contributed by atoms with Crippen molar-refractivity contribution in [1.29, 1.82) is 0 Å². The van der Waals surface area contributed by atoms with Crippen molar-refractivity contribution in [3.05, 3.63) is 0 Å². The largest absolute Gasteiger partial charge is 0.480 e. The smallest absolute Gasteiger partial charge is 0.324 e. The number of hydroxylamine groups is 1. The van der Waals surface area contributed by atoms with Gasteiger partial charge < -0.3 is 10.8 Å². The van der Waals surface area contributed by atoms with Crippen LogP contribution in [0.1, 0.15) is 12.8 Å². The summed E-state index contributed by atoms with van der Waals surface area (Å²) < 4.78 is 0. The molecule has 0 aliphatic carbocycles. The Balaban J connectivity index is 3.80. The fourth-order valence-electron chi connectivity index (χ4n) is 0.680. The van der Waals surface area contributed by atoms with Gasteiger partial charge in [0.15, 0.2) is 0 Å². The van der Waals surface area contributed by atoms with Crippen molar-refractivity contribution < 1.29 is 15.1 Å². The normalized spacial score (nSPS) is 13.5. The Hall–Kier alpha value is -0.690. The third-order valence-corrected chi connectivity index (χ3v) is 1.29. The van der Waals surface area contributed by atoms with E-state index in [0.29, 0.717) is 13.0 Å². The fourth-order valence-corrected chi connectivity index (χ4v) is 0.680. The third kappa shape index (κ3) is 3.89. The summed E-state index contributed by atoms with van der Waals surface area (Å²) in [4.78, 5) is 10.3. The van der Waals surface area contributed by atoms with E-state index in [0.717, 1.165) is 0 Å². The molecule has 0 aromatic carbocycles. The molecule has 1 atom stereocenters. The van der Waals surface area contributed by atoms with Crippen LogP contribution in [-0.4, -0.2) is 34.0 Å². The van der Waals surface area contributed by atoms with E-state index in [4.69, 9.17) is 21.9 Å². The van der Waals surface area contributed by atoms with Crippen molar-refractivity contribution in [2.24, 2.45) is 11.6 Å². The van der Waals surface area contributed by atoms with Gasteiger partial charge in [0.25, 0.3) is 0 Å². The maximum absolute atomic E-state index is 10.3. The van der Waals surface area contributed by atoms with Crippen LogP contribution in [0.2, 0.25) is 0 Å². The molecule has 66 valence electrons. The summed E-state index contributed by atoms with van der Waals surface area (Å²) in [5.74, 6) is 3.70. The number of carboxylic acids is 1. The van der Waals surface area contributed by atoms with E-state index < -0.39 is 12.0 Å². The van der Waals surface area contributed by atoms with Crippen molar-refractivity contribution in [3.8, 4) is 0 Å². The number of rotatable bonds is 5. The van der Waals surface area contributed by atoms with Gasteiger partial charge in [-0.3, -0.25) is 10.0 Å². The first-order chi connectivity index (χ1) is 5.09. The molecule has 6 nitrogen and oxygen atoms in total. The van der Waals surface area contributed by atoms with Gasteiger partial charge in [-0.25, -0.2) is 5.84 Å².